The van der Waals surface area contributed by atoms with Crippen molar-refractivity contribution < 1.29 is 5.73 Å². The summed E-state index contributed by atoms with van der Waals surface area (Å²) in [6.45, 7) is 0. The molecule has 3 fully saturated rings. The van der Waals surface area contributed by atoms with Crippen LogP contribution in [0.1, 0.15) is 96.3 Å². The van der Waals surface area contributed by atoms with Crippen LogP contribution in [0.3, 0.4) is 0 Å². The molecule has 0 saturated heterocycles. The first-order chi connectivity index (χ1) is 10.8. The fraction of sp³-hybridized carbons (Fsp3) is 1.00. The molecule has 3 saturated carbocycles. The second kappa shape index (κ2) is 10.4. The van der Waals surface area contributed by atoms with E-state index in [0.717, 1.165) is 0 Å². The summed E-state index contributed by atoms with van der Waals surface area (Å²) in [5.74, 6) is 0. The molecule has 22 heavy (non-hydrogen) atoms. The summed E-state index contributed by atoms with van der Waals surface area (Å²) in [5.41, 5.74) is 0. The van der Waals surface area contributed by atoms with Crippen LogP contribution in [-0.4, -0.2) is 42.0 Å². The fourth-order valence-electron chi connectivity index (χ4n) is 5.64. The molecular formula is C18H34F2Sn2. The minimum absolute atomic E-state index is 0.150. The molecule has 0 unspecified atom stereocenters. The molecule has 3 aliphatic rings. The van der Waals surface area contributed by atoms with Crippen molar-refractivity contribution in [3.8, 4) is 0 Å². The van der Waals surface area contributed by atoms with Gasteiger partial charge in [-0.15, -0.1) is 0 Å². The zero-order valence-corrected chi connectivity index (χ0v) is 20.3. The van der Waals surface area contributed by atoms with Crippen molar-refractivity contribution in [2.75, 3.05) is 0 Å². The zero-order valence-electron chi connectivity index (χ0n) is 14.2. The topological polar surface area (TPSA) is 0 Å². The average molecular weight is 526 g/mol. The van der Waals surface area contributed by atoms with Crippen LogP contribution in [0.15, 0.2) is 0 Å². The number of hydrogen-bond acceptors (Lipinski definition) is 0. The van der Waals surface area contributed by atoms with E-state index in [0.29, 0.717) is 11.8 Å². The molecular weight excluding hydrogens is 492 g/mol. The third-order valence-corrected chi connectivity index (χ3v) is 22.4. The molecule has 0 aromatic carbocycles. The maximum atomic E-state index is 16.7. The third-order valence-electron chi connectivity index (χ3n) is 6.69. The molecule has 0 nitrogen and oxygen atoms in total. The van der Waals surface area contributed by atoms with Crippen molar-refractivity contribution >= 4 is 42.0 Å². The van der Waals surface area contributed by atoms with Crippen molar-refractivity contribution in [3.63, 3.8) is 0 Å². The second-order valence-electron chi connectivity index (χ2n) is 7.83. The number of hydrogen-bond donors (Lipinski definition) is 0. The summed E-state index contributed by atoms with van der Waals surface area (Å²) in [6, 6.07) is 0. The van der Waals surface area contributed by atoms with Gasteiger partial charge in [-0.25, -0.2) is 0 Å². The van der Waals surface area contributed by atoms with Crippen LogP contribution in [0, 0.1) is 0 Å². The molecule has 0 aromatic heterocycles. The predicted octanol–water partition coefficient (Wildman–Crippen LogP) is 6.68. The molecule has 0 aliphatic heterocycles. The van der Waals surface area contributed by atoms with E-state index in [1.807, 2.05) is 0 Å². The molecule has 3 rings (SSSR count). The molecule has 0 bridgehead atoms. The van der Waals surface area contributed by atoms with Gasteiger partial charge in [0, 0.05) is 0 Å². The normalized spacial score (nSPS) is 26.3. The maximum absolute atomic E-state index is 16.7. The Kier molecular flexibility index (Phi) is 9.39. The van der Waals surface area contributed by atoms with Gasteiger partial charge >= 0.3 is 156 Å². The molecule has 0 N–H and O–H groups in total. The van der Waals surface area contributed by atoms with Crippen molar-refractivity contribution in [1.29, 1.82) is 0 Å². The van der Waals surface area contributed by atoms with E-state index in [1.165, 1.54) is 96.3 Å². The van der Waals surface area contributed by atoms with Gasteiger partial charge in [-0.2, -0.15) is 0 Å². The van der Waals surface area contributed by atoms with E-state index in [9.17, 15) is 2.87 Å². The summed E-state index contributed by atoms with van der Waals surface area (Å²) >= 11 is -3.60. The minimum atomic E-state index is -3.45. The quantitative estimate of drug-likeness (QED) is 0.361. The summed E-state index contributed by atoms with van der Waals surface area (Å²) < 4.78 is 28.1. The Hall–Kier alpha value is 1.46. The molecule has 0 spiro atoms. The van der Waals surface area contributed by atoms with Crippen LogP contribution < -0.4 is 0 Å². The molecule has 0 heterocycles. The van der Waals surface area contributed by atoms with Crippen LogP contribution >= 0.6 is 0 Å². The molecule has 0 amide bonds. The van der Waals surface area contributed by atoms with Gasteiger partial charge in [0.25, 0.3) is 0 Å². The van der Waals surface area contributed by atoms with Gasteiger partial charge in [0.05, 0.1) is 0 Å². The van der Waals surface area contributed by atoms with Crippen LogP contribution in [0.25, 0.3) is 0 Å². The fourth-order valence-corrected chi connectivity index (χ4v) is 22.4. The molecule has 4 heteroatoms. The first-order valence-electron chi connectivity index (χ1n) is 9.72. The summed E-state index contributed by atoms with van der Waals surface area (Å²) in [7, 11) is 0. The van der Waals surface area contributed by atoms with E-state index in [-0.39, 0.29) is 23.1 Å². The first kappa shape index (κ1) is 19.8. The van der Waals surface area contributed by atoms with Gasteiger partial charge in [-0.1, -0.05) is 0 Å². The van der Waals surface area contributed by atoms with Gasteiger partial charge in [0.2, 0.25) is 0 Å². The standard InChI is InChI=1S/3C6H11.2FH.2Sn.H/c3*1-2-4-6-5-3-1;;;;;/h3*1H,2-6H2;2*1H;;;/q;;;;;2*+1;/p-2. The predicted molar refractivity (Wildman–Crippen MR) is 95.6 cm³/mol. The summed E-state index contributed by atoms with van der Waals surface area (Å²) in [6.07, 6.45) is 19.9. The van der Waals surface area contributed by atoms with Crippen LogP contribution in [0.4, 0.5) is 5.73 Å². The first-order valence-corrected chi connectivity index (χ1v) is 17.0. The van der Waals surface area contributed by atoms with Gasteiger partial charge < -0.3 is 0 Å². The Morgan fingerprint density at radius 1 is 0.500 bits per heavy atom. The van der Waals surface area contributed by atoms with E-state index in [1.54, 1.807) is 0 Å². The monoisotopic (exact) mass is 528 g/mol. The van der Waals surface area contributed by atoms with Crippen molar-refractivity contribution in [2.24, 2.45) is 0 Å². The molecule has 128 valence electrons. The molecule has 3 aliphatic carbocycles. The van der Waals surface area contributed by atoms with Crippen molar-refractivity contribution in [1.82, 2.24) is 0 Å². The molecule has 2 radical (unpaired) electrons. The SMILES string of the molecule is [F][SnH].[F][Sn]([CH]1CCCCC1)([CH]1CCCCC1)[CH]1CCCCC1. The van der Waals surface area contributed by atoms with Gasteiger partial charge in [0.1, 0.15) is 0 Å². The summed E-state index contributed by atoms with van der Waals surface area (Å²) in [4.78, 5) is 0. The average Bonchev–Trinajstić information content (AvgIpc) is 2.65. The van der Waals surface area contributed by atoms with Crippen LogP contribution in [0.5, 0.6) is 0 Å². The second-order valence-corrected chi connectivity index (χ2v) is 19.5. The van der Waals surface area contributed by atoms with Gasteiger partial charge in [-0.3, -0.25) is 0 Å². The van der Waals surface area contributed by atoms with Crippen LogP contribution in [-0.2, 0) is 0 Å². The van der Waals surface area contributed by atoms with Gasteiger partial charge in [-0.05, 0) is 0 Å². The van der Waals surface area contributed by atoms with E-state index < -0.39 is 18.9 Å². The third kappa shape index (κ3) is 4.76. The van der Waals surface area contributed by atoms with Gasteiger partial charge in [0.15, 0.2) is 0 Å². The Labute approximate surface area is 155 Å². The summed E-state index contributed by atoms with van der Waals surface area (Å²) in [5, 5.41) is 0. The Morgan fingerprint density at radius 3 is 0.955 bits per heavy atom. The van der Waals surface area contributed by atoms with Crippen LogP contribution in [0.2, 0.25) is 11.8 Å². The van der Waals surface area contributed by atoms with E-state index in [2.05, 4.69) is 0 Å². The zero-order chi connectivity index (χ0) is 15.8. The van der Waals surface area contributed by atoms with E-state index in [4.69, 9.17) is 0 Å². The number of halogens is 2. The molecule has 0 aromatic rings. The van der Waals surface area contributed by atoms with E-state index >= 15 is 2.87 Å². The Bertz CT molecular complexity index is 248. The number of rotatable bonds is 3. The van der Waals surface area contributed by atoms with Crippen molar-refractivity contribution in [3.05, 3.63) is 0 Å². The van der Waals surface area contributed by atoms with Crippen molar-refractivity contribution in [2.45, 2.75) is 108 Å². The molecule has 0 atom stereocenters. The Balaban J connectivity index is 0.000000847. The Morgan fingerprint density at radius 2 is 0.727 bits per heavy atom.